The first-order valence-electron chi connectivity index (χ1n) is 7.05. The van der Waals surface area contributed by atoms with E-state index in [2.05, 4.69) is 15.7 Å². The molecule has 0 fully saturated rings. The SMILES string of the molecule is NCCNC(=O)c1ccccc1NC(=O)CCn1cccn1. The lowest BCUT2D eigenvalue weighted by molar-refractivity contribution is -0.116. The zero-order chi connectivity index (χ0) is 15.8. The van der Waals surface area contributed by atoms with Gasteiger partial charge in [-0.15, -0.1) is 0 Å². The summed E-state index contributed by atoms with van der Waals surface area (Å²) < 4.78 is 1.68. The highest BCUT2D eigenvalue weighted by Gasteiger charge is 2.12. The molecule has 2 aromatic rings. The van der Waals surface area contributed by atoms with Crippen LogP contribution >= 0.6 is 0 Å². The van der Waals surface area contributed by atoms with Crippen molar-refractivity contribution in [1.82, 2.24) is 15.1 Å². The van der Waals surface area contributed by atoms with E-state index in [4.69, 9.17) is 5.73 Å². The second kappa shape index (κ2) is 7.94. The van der Waals surface area contributed by atoms with Crippen LogP contribution in [-0.2, 0) is 11.3 Å². The molecule has 0 spiro atoms. The van der Waals surface area contributed by atoms with E-state index in [1.165, 1.54) is 0 Å². The number of carbonyl (C=O) groups is 2. The molecule has 0 saturated carbocycles. The molecule has 0 aliphatic carbocycles. The Morgan fingerprint density at radius 2 is 2.05 bits per heavy atom. The summed E-state index contributed by atoms with van der Waals surface area (Å²) in [5, 5.41) is 9.48. The van der Waals surface area contributed by atoms with Gasteiger partial charge in [-0.3, -0.25) is 14.3 Å². The van der Waals surface area contributed by atoms with Crippen molar-refractivity contribution in [2.24, 2.45) is 5.73 Å². The van der Waals surface area contributed by atoms with Crippen LogP contribution in [0.3, 0.4) is 0 Å². The van der Waals surface area contributed by atoms with Crippen LogP contribution < -0.4 is 16.4 Å². The number of benzene rings is 1. The van der Waals surface area contributed by atoms with Crippen LogP contribution in [0.1, 0.15) is 16.8 Å². The molecule has 2 rings (SSSR count). The zero-order valence-electron chi connectivity index (χ0n) is 12.2. The average Bonchev–Trinajstić information content (AvgIpc) is 3.04. The number of nitrogens with one attached hydrogen (secondary N) is 2. The van der Waals surface area contributed by atoms with Crippen LogP contribution in [0.2, 0.25) is 0 Å². The molecule has 116 valence electrons. The van der Waals surface area contributed by atoms with Crippen LogP contribution in [0.15, 0.2) is 42.7 Å². The van der Waals surface area contributed by atoms with Gasteiger partial charge in [0, 0.05) is 38.4 Å². The van der Waals surface area contributed by atoms with E-state index < -0.39 is 0 Å². The van der Waals surface area contributed by atoms with Crippen molar-refractivity contribution in [2.75, 3.05) is 18.4 Å². The van der Waals surface area contributed by atoms with E-state index in [-0.39, 0.29) is 18.2 Å². The van der Waals surface area contributed by atoms with E-state index >= 15 is 0 Å². The number of para-hydroxylation sites is 1. The van der Waals surface area contributed by atoms with Gasteiger partial charge in [-0.1, -0.05) is 12.1 Å². The molecule has 0 aliphatic rings. The molecule has 0 radical (unpaired) electrons. The van der Waals surface area contributed by atoms with E-state index in [9.17, 15) is 9.59 Å². The fourth-order valence-electron chi connectivity index (χ4n) is 1.93. The van der Waals surface area contributed by atoms with Gasteiger partial charge >= 0.3 is 0 Å². The number of hydrogen-bond acceptors (Lipinski definition) is 4. The maximum Gasteiger partial charge on any atom is 0.253 e. The number of aromatic nitrogens is 2. The van der Waals surface area contributed by atoms with E-state index in [0.29, 0.717) is 30.9 Å². The van der Waals surface area contributed by atoms with E-state index in [1.807, 2.05) is 0 Å². The highest BCUT2D eigenvalue weighted by atomic mass is 16.2. The Morgan fingerprint density at radius 1 is 1.23 bits per heavy atom. The molecule has 1 aromatic heterocycles. The Balaban J connectivity index is 1.96. The lowest BCUT2D eigenvalue weighted by Crippen LogP contribution is -2.30. The normalized spacial score (nSPS) is 10.2. The van der Waals surface area contributed by atoms with Gasteiger partial charge in [0.1, 0.15) is 0 Å². The third kappa shape index (κ3) is 4.42. The smallest absolute Gasteiger partial charge is 0.253 e. The third-order valence-electron chi connectivity index (χ3n) is 3.00. The van der Waals surface area contributed by atoms with Gasteiger partial charge in [0.05, 0.1) is 11.3 Å². The van der Waals surface area contributed by atoms with Crippen LogP contribution in [-0.4, -0.2) is 34.7 Å². The van der Waals surface area contributed by atoms with Crippen molar-refractivity contribution in [3.63, 3.8) is 0 Å². The molecule has 0 saturated heterocycles. The number of carbonyl (C=O) groups excluding carboxylic acids is 2. The first-order chi connectivity index (χ1) is 10.7. The molecule has 7 heteroatoms. The molecule has 0 bridgehead atoms. The molecule has 0 aliphatic heterocycles. The molecular weight excluding hydrogens is 282 g/mol. The number of aryl methyl sites for hydroxylation is 1. The molecule has 0 atom stereocenters. The fraction of sp³-hybridized carbons (Fsp3) is 0.267. The molecule has 2 amide bonds. The summed E-state index contributed by atoms with van der Waals surface area (Å²) in [6, 6.07) is 8.67. The Bertz CT molecular complexity index is 625. The first kappa shape index (κ1) is 15.7. The summed E-state index contributed by atoms with van der Waals surface area (Å²) in [7, 11) is 0. The van der Waals surface area contributed by atoms with Crippen molar-refractivity contribution in [3.05, 3.63) is 48.3 Å². The molecule has 1 heterocycles. The maximum atomic E-state index is 12.0. The fourth-order valence-corrected chi connectivity index (χ4v) is 1.93. The monoisotopic (exact) mass is 301 g/mol. The van der Waals surface area contributed by atoms with Crippen LogP contribution in [0, 0.1) is 0 Å². The Morgan fingerprint density at radius 3 is 2.77 bits per heavy atom. The lowest BCUT2D eigenvalue weighted by atomic mass is 10.1. The van der Waals surface area contributed by atoms with Gasteiger partial charge in [-0.25, -0.2) is 0 Å². The van der Waals surface area contributed by atoms with Gasteiger partial charge in [0.15, 0.2) is 0 Å². The molecule has 1 aromatic carbocycles. The predicted octanol–water partition coefficient (Wildman–Crippen LogP) is 0.600. The van der Waals surface area contributed by atoms with Crippen molar-refractivity contribution >= 4 is 17.5 Å². The van der Waals surface area contributed by atoms with Gasteiger partial charge in [0.25, 0.3) is 5.91 Å². The number of rotatable bonds is 7. The highest BCUT2D eigenvalue weighted by molar-refractivity contribution is 6.03. The molecule has 7 nitrogen and oxygen atoms in total. The summed E-state index contributed by atoms with van der Waals surface area (Å²) in [6.07, 6.45) is 3.73. The van der Waals surface area contributed by atoms with E-state index in [1.54, 1.807) is 47.4 Å². The van der Waals surface area contributed by atoms with Gasteiger partial charge < -0.3 is 16.4 Å². The third-order valence-corrected chi connectivity index (χ3v) is 3.00. The minimum absolute atomic E-state index is 0.172. The average molecular weight is 301 g/mol. The maximum absolute atomic E-state index is 12.0. The zero-order valence-corrected chi connectivity index (χ0v) is 12.2. The Kier molecular flexibility index (Phi) is 5.67. The minimum atomic E-state index is -0.256. The second-order valence-electron chi connectivity index (χ2n) is 4.66. The second-order valence-corrected chi connectivity index (χ2v) is 4.66. The standard InChI is InChI=1S/C15H19N5O2/c16-7-9-17-15(22)12-4-1-2-5-13(12)19-14(21)6-11-20-10-3-8-18-20/h1-5,8,10H,6-7,9,11,16H2,(H,17,22)(H,19,21). The summed E-state index contributed by atoms with van der Waals surface area (Å²) in [6.45, 7) is 1.24. The van der Waals surface area contributed by atoms with Crippen molar-refractivity contribution in [1.29, 1.82) is 0 Å². The van der Waals surface area contributed by atoms with Crippen LogP contribution in [0.25, 0.3) is 0 Å². The number of nitrogens with zero attached hydrogens (tertiary/aromatic N) is 2. The summed E-state index contributed by atoms with van der Waals surface area (Å²) >= 11 is 0. The number of nitrogens with two attached hydrogens (primary N) is 1. The van der Waals surface area contributed by atoms with Crippen LogP contribution in [0.5, 0.6) is 0 Å². The Hall–Kier alpha value is -2.67. The van der Waals surface area contributed by atoms with Gasteiger partial charge in [0.2, 0.25) is 5.91 Å². The lowest BCUT2D eigenvalue weighted by Gasteiger charge is -2.11. The molecular formula is C15H19N5O2. The quantitative estimate of drug-likeness (QED) is 0.697. The molecule has 0 unspecified atom stereocenters. The largest absolute Gasteiger partial charge is 0.351 e. The van der Waals surface area contributed by atoms with E-state index in [0.717, 1.165) is 0 Å². The number of amides is 2. The van der Waals surface area contributed by atoms with Crippen molar-refractivity contribution in [3.8, 4) is 0 Å². The predicted molar refractivity (Wildman–Crippen MR) is 83.3 cm³/mol. The topological polar surface area (TPSA) is 102 Å². The minimum Gasteiger partial charge on any atom is -0.351 e. The number of hydrogen-bond donors (Lipinski definition) is 3. The van der Waals surface area contributed by atoms with Crippen LogP contribution in [0.4, 0.5) is 5.69 Å². The van der Waals surface area contributed by atoms with Crippen molar-refractivity contribution in [2.45, 2.75) is 13.0 Å². The summed E-state index contributed by atoms with van der Waals surface area (Å²) in [5.74, 6) is -0.428. The van der Waals surface area contributed by atoms with Gasteiger partial charge in [-0.05, 0) is 18.2 Å². The van der Waals surface area contributed by atoms with Crippen molar-refractivity contribution < 1.29 is 9.59 Å². The highest BCUT2D eigenvalue weighted by Crippen LogP contribution is 2.15. The molecule has 22 heavy (non-hydrogen) atoms. The Labute approximate surface area is 128 Å². The number of anilines is 1. The van der Waals surface area contributed by atoms with Gasteiger partial charge in [-0.2, -0.15) is 5.10 Å². The summed E-state index contributed by atoms with van der Waals surface area (Å²) in [5.41, 5.74) is 6.28. The molecule has 4 N–H and O–H groups in total. The first-order valence-corrected chi connectivity index (χ1v) is 7.05. The summed E-state index contributed by atoms with van der Waals surface area (Å²) in [4.78, 5) is 24.0.